The monoisotopic (exact) mass is 300 g/mol. The van der Waals surface area contributed by atoms with E-state index in [2.05, 4.69) is 0 Å². The van der Waals surface area contributed by atoms with Gasteiger partial charge in [-0.1, -0.05) is 53.5 Å². The second-order valence-corrected chi connectivity index (χ2v) is 6.70. The number of sulfone groups is 1. The van der Waals surface area contributed by atoms with Crippen LogP contribution >= 0.6 is 23.2 Å². The van der Waals surface area contributed by atoms with Gasteiger partial charge in [0.2, 0.25) is 0 Å². The summed E-state index contributed by atoms with van der Waals surface area (Å²) in [5, 5.41) is 0.548. The Kier molecular flexibility index (Phi) is 3.66. The van der Waals surface area contributed by atoms with Crippen LogP contribution in [-0.4, -0.2) is 14.7 Å². The average molecular weight is 301 g/mol. The molecule has 0 heterocycles. The first kappa shape index (κ1) is 13.4. The fourth-order valence-corrected chi connectivity index (χ4v) is 3.36. The van der Waals surface area contributed by atoms with E-state index < -0.39 is 9.84 Å². The van der Waals surface area contributed by atoms with Crippen molar-refractivity contribution in [3.63, 3.8) is 0 Å². The molecule has 0 aromatic heterocycles. The van der Waals surface area contributed by atoms with Crippen LogP contribution in [0.4, 0.5) is 0 Å². The van der Waals surface area contributed by atoms with Gasteiger partial charge < -0.3 is 0 Å². The highest BCUT2D eigenvalue weighted by Crippen LogP contribution is 2.35. The third-order valence-corrected chi connectivity index (χ3v) is 4.35. The van der Waals surface area contributed by atoms with Gasteiger partial charge in [0.15, 0.2) is 9.84 Å². The molecule has 2 nitrogen and oxygen atoms in total. The van der Waals surface area contributed by atoms with Crippen molar-refractivity contribution in [2.75, 3.05) is 6.26 Å². The Morgan fingerprint density at radius 2 is 1.61 bits per heavy atom. The lowest BCUT2D eigenvalue weighted by molar-refractivity contribution is 0.602. The first-order chi connectivity index (χ1) is 8.39. The summed E-state index contributed by atoms with van der Waals surface area (Å²) in [6.07, 6.45) is 1.11. The molecule has 0 spiro atoms. The Bertz CT molecular complexity index is 680. The summed E-state index contributed by atoms with van der Waals surface area (Å²) in [6.45, 7) is 0. The van der Waals surface area contributed by atoms with Crippen molar-refractivity contribution in [3.8, 4) is 11.1 Å². The van der Waals surface area contributed by atoms with Gasteiger partial charge in [0.25, 0.3) is 0 Å². The molecular formula is C13H10Cl2O2S. The molecule has 2 aromatic rings. The molecule has 0 bridgehead atoms. The predicted molar refractivity (Wildman–Crippen MR) is 75.0 cm³/mol. The van der Waals surface area contributed by atoms with E-state index in [0.717, 1.165) is 11.8 Å². The zero-order valence-electron chi connectivity index (χ0n) is 9.52. The molecule has 0 saturated carbocycles. The molecule has 5 heteroatoms. The van der Waals surface area contributed by atoms with Crippen molar-refractivity contribution in [3.05, 3.63) is 52.5 Å². The van der Waals surface area contributed by atoms with Gasteiger partial charge in [0.1, 0.15) is 0 Å². The van der Waals surface area contributed by atoms with Gasteiger partial charge in [-0.15, -0.1) is 0 Å². The smallest absolute Gasteiger partial charge is 0.177 e. The lowest BCUT2D eigenvalue weighted by Gasteiger charge is -2.09. The molecule has 94 valence electrons. The lowest BCUT2D eigenvalue weighted by atomic mass is 10.1. The Morgan fingerprint density at radius 3 is 2.17 bits per heavy atom. The van der Waals surface area contributed by atoms with Crippen molar-refractivity contribution in [2.45, 2.75) is 4.90 Å². The third kappa shape index (κ3) is 2.69. The quantitative estimate of drug-likeness (QED) is 0.838. The minimum Gasteiger partial charge on any atom is -0.224 e. The van der Waals surface area contributed by atoms with Crippen LogP contribution in [0.15, 0.2) is 47.4 Å². The fourth-order valence-electron chi connectivity index (χ4n) is 1.66. The summed E-state index contributed by atoms with van der Waals surface area (Å²) in [6, 6.07) is 12.3. The largest absolute Gasteiger partial charge is 0.224 e. The molecule has 2 aromatic carbocycles. The minimum atomic E-state index is -3.40. The number of hydrogen-bond acceptors (Lipinski definition) is 2. The molecule has 0 atom stereocenters. The van der Waals surface area contributed by atoms with Crippen LogP contribution in [0.3, 0.4) is 0 Å². The van der Waals surface area contributed by atoms with Gasteiger partial charge in [-0.3, -0.25) is 0 Å². The second-order valence-electron chi connectivity index (χ2n) is 3.90. The summed E-state index contributed by atoms with van der Waals surface area (Å²) in [7, 11) is -3.40. The fraction of sp³-hybridized carbons (Fsp3) is 0.0769. The number of hydrogen-bond donors (Lipinski definition) is 0. The van der Waals surface area contributed by atoms with E-state index in [1.165, 1.54) is 6.07 Å². The van der Waals surface area contributed by atoms with Gasteiger partial charge >= 0.3 is 0 Å². The van der Waals surface area contributed by atoms with E-state index in [1.807, 2.05) is 30.3 Å². The predicted octanol–water partition coefficient (Wildman–Crippen LogP) is 4.06. The van der Waals surface area contributed by atoms with Gasteiger partial charge in [0, 0.05) is 16.8 Å². The molecule has 0 aliphatic carbocycles. The SMILES string of the molecule is CS(=O)(=O)c1cc(Cl)cc(-c2ccccc2)c1Cl. The van der Waals surface area contributed by atoms with Crippen LogP contribution in [0.25, 0.3) is 11.1 Å². The van der Waals surface area contributed by atoms with Crippen LogP contribution in [0, 0.1) is 0 Å². The van der Waals surface area contributed by atoms with Crippen LogP contribution in [0.5, 0.6) is 0 Å². The van der Waals surface area contributed by atoms with Crippen molar-refractivity contribution >= 4 is 33.0 Å². The van der Waals surface area contributed by atoms with Gasteiger partial charge in [-0.25, -0.2) is 8.42 Å². The standard InChI is InChI=1S/C13H10Cl2O2S/c1-18(16,17)12-8-10(14)7-11(13(12)15)9-5-3-2-4-6-9/h2-8H,1H3. The highest BCUT2D eigenvalue weighted by Gasteiger charge is 2.17. The topological polar surface area (TPSA) is 34.1 Å². The maximum atomic E-state index is 11.6. The molecule has 0 saturated heterocycles. The van der Waals surface area contributed by atoms with Crippen molar-refractivity contribution < 1.29 is 8.42 Å². The molecule has 0 fully saturated rings. The molecule has 0 N–H and O–H groups in total. The molecule has 0 amide bonds. The number of halogens is 2. The van der Waals surface area contributed by atoms with Crippen molar-refractivity contribution in [1.82, 2.24) is 0 Å². The summed E-state index contributed by atoms with van der Waals surface area (Å²) >= 11 is 12.1. The van der Waals surface area contributed by atoms with E-state index >= 15 is 0 Å². The first-order valence-corrected chi connectivity index (χ1v) is 7.79. The number of rotatable bonds is 2. The van der Waals surface area contributed by atoms with Crippen molar-refractivity contribution in [2.24, 2.45) is 0 Å². The van der Waals surface area contributed by atoms with Gasteiger partial charge in [0.05, 0.1) is 9.92 Å². The van der Waals surface area contributed by atoms with E-state index in [9.17, 15) is 8.42 Å². The normalized spacial score (nSPS) is 11.5. The Hall–Kier alpha value is -1.03. The van der Waals surface area contributed by atoms with Crippen molar-refractivity contribution in [1.29, 1.82) is 0 Å². The summed E-state index contributed by atoms with van der Waals surface area (Å²) in [5.41, 5.74) is 1.44. The molecule has 0 aliphatic rings. The zero-order chi connectivity index (χ0) is 13.3. The number of benzene rings is 2. The molecule has 0 unspecified atom stereocenters. The second kappa shape index (κ2) is 4.92. The molecular weight excluding hydrogens is 291 g/mol. The summed E-state index contributed by atoms with van der Waals surface area (Å²) in [5.74, 6) is 0. The molecule has 18 heavy (non-hydrogen) atoms. The maximum absolute atomic E-state index is 11.6. The zero-order valence-corrected chi connectivity index (χ0v) is 11.9. The average Bonchev–Trinajstić information content (AvgIpc) is 2.31. The molecule has 0 radical (unpaired) electrons. The third-order valence-electron chi connectivity index (χ3n) is 2.49. The van der Waals surface area contributed by atoms with Gasteiger partial charge in [-0.05, 0) is 17.7 Å². The van der Waals surface area contributed by atoms with E-state index in [1.54, 1.807) is 6.07 Å². The summed E-state index contributed by atoms with van der Waals surface area (Å²) in [4.78, 5) is 0.0514. The van der Waals surface area contributed by atoms with E-state index in [0.29, 0.717) is 10.6 Å². The van der Waals surface area contributed by atoms with E-state index in [4.69, 9.17) is 23.2 Å². The Morgan fingerprint density at radius 1 is 1.00 bits per heavy atom. The minimum absolute atomic E-state index is 0.0514. The lowest BCUT2D eigenvalue weighted by Crippen LogP contribution is -1.99. The Labute approximate surface area is 116 Å². The summed E-state index contributed by atoms with van der Waals surface area (Å²) < 4.78 is 23.3. The van der Waals surface area contributed by atoms with Crippen LogP contribution < -0.4 is 0 Å². The van der Waals surface area contributed by atoms with Gasteiger partial charge in [-0.2, -0.15) is 0 Å². The maximum Gasteiger partial charge on any atom is 0.177 e. The molecule has 2 rings (SSSR count). The van der Waals surface area contributed by atoms with E-state index in [-0.39, 0.29) is 9.92 Å². The van der Waals surface area contributed by atoms with Crippen LogP contribution in [0.1, 0.15) is 0 Å². The van der Waals surface area contributed by atoms with Crippen LogP contribution in [-0.2, 0) is 9.84 Å². The highest BCUT2D eigenvalue weighted by molar-refractivity contribution is 7.90. The van der Waals surface area contributed by atoms with Crippen LogP contribution in [0.2, 0.25) is 10.0 Å². The first-order valence-electron chi connectivity index (χ1n) is 5.14. The Balaban J connectivity index is 2.75. The molecule has 0 aliphatic heterocycles. The highest BCUT2D eigenvalue weighted by atomic mass is 35.5.